The van der Waals surface area contributed by atoms with E-state index in [1.807, 2.05) is 0 Å². The summed E-state index contributed by atoms with van der Waals surface area (Å²) in [6.07, 6.45) is 4.37. The molecular formula is C43H60IN11O9. The third kappa shape index (κ3) is 16.3. The smallest absolute Gasteiger partial charge is 0.326 e. The molecule has 3 atom stereocenters. The minimum atomic E-state index is -1.42. The van der Waals surface area contributed by atoms with Crippen LogP contribution < -0.4 is 48.5 Å². The van der Waals surface area contributed by atoms with E-state index < -0.39 is 48.3 Å². The number of amides is 4. The highest BCUT2D eigenvalue weighted by atomic mass is 127. The molecule has 2 aromatic carbocycles. The predicted molar refractivity (Wildman–Crippen MR) is 251 cm³/mol. The van der Waals surface area contributed by atoms with Crippen LogP contribution in [0.4, 0.5) is 23.1 Å². The molecule has 20 nitrogen and oxygen atoms in total. The van der Waals surface area contributed by atoms with Crippen molar-refractivity contribution in [1.29, 1.82) is 0 Å². The number of aliphatic carboxylic acids is 2. The summed E-state index contributed by atoms with van der Waals surface area (Å²) in [6, 6.07) is 11.9. The van der Waals surface area contributed by atoms with Gasteiger partial charge in [-0.2, -0.15) is 4.98 Å². The van der Waals surface area contributed by atoms with Crippen LogP contribution in [0, 0.1) is 3.57 Å². The van der Waals surface area contributed by atoms with Gasteiger partial charge < -0.3 is 58.1 Å². The Labute approximate surface area is 385 Å². The number of hydrogen-bond donors (Lipinski definition) is 10. The molecule has 348 valence electrons. The first-order chi connectivity index (χ1) is 30.7. The number of nitrogens with two attached hydrogens (primary N) is 2. The van der Waals surface area contributed by atoms with E-state index in [2.05, 4.69) is 83.4 Å². The molecule has 0 aliphatic carbocycles. The first kappa shape index (κ1) is 50.7. The number of anilines is 4. The number of carboxylic acid groups (broad SMARTS) is 2. The molecule has 21 heteroatoms. The average molecular weight is 1000 g/mol. The number of nitrogen functional groups attached to an aromatic ring is 1. The van der Waals surface area contributed by atoms with E-state index in [0.717, 1.165) is 19.3 Å². The van der Waals surface area contributed by atoms with E-state index in [0.29, 0.717) is 75.5 Å². The van der Waals surface area contributed by atoms with Crippen molar-refractivity contribution in [2.24, 2.45) is 5.73 Å². The molecule has 0 fully saturated rings. The quantitative estimate of drug-likeness (QED) is 0.0387. The van der Waals surface area contributed by atoms with E-state index in [1.54, 1.807) is 24.1 Å². The molecule has 0 saturated heterocycles. The van der Waals surface area contributed by atoms with Gasteiger partial charge in [0.1, 0.15) is 17.8 Å². The van der Waals surface area contributed by atoms with Gasteiger partial charge in [-0.15, -0.1) is 0 Å². The topological polar surface area (TPSA) is 307 Å². The van der Waals surface area contributed by atoms with Gasteiger partial charge in [0, 0.05) is 60.9 Å². The summed E-state index contributed by atoms with van der Waals surface area (Å²) in [4.78, 5) is 98.0. The van der Waals surface area contributed by atoms with Crippen LogP contribution in [0.3, 0.4) is 0 Å². The zero-order valence-electron chi connectivity index (χ0n) is 36.0. The van der Waals surface area contributed by atoms with Gasteiger partial charge in [0.2, 0.25) is 23.7 Å². The van der Waals surface area contributed by atoms with Crippen molar-refractivity contribution in [2.75, 3.05) is 67.6 Å². The Kier molecular flexibility index (Phi) is 20.6. The Hall–Kier alpha value is -5.97. The van der Waals surface area contributed by atoms with E-state index in [-0.39, 0.29) is 54.8 Å². The molecule has 0 bridgehead atoms. The molecule has 1 aromatic heterocycles. The molecule has 0 spiro atoms. The van der Waals surface area contributed by atoms with Gasteiger partial charge in [0.05, 0.1) is 12.6 Å². The van der Waals surface area contributed by atoms with Crippen LogP contribution in [0.5, 0.6) is 0 Å². The number of likely N-dealkylation sites (N-methyl/N-ethyl adjacent to an activating group) is 1. The molecule has 0 saturated carbocycles. The van der Waals surface area contributed by atoms with Crippen molar-refractivity contribution < 1.29 is 39.0 Å². The number of carboxylic acids is 2. The third-order valence-electron chi connectivity index (χ3n) is 10.8. The maximum atomic E-state index is 13.4. The first-order valence-corrected chi connectivity index (χ1v) is 22.5. The van der Waals surface area contributed by atoms with Crippen molar-refractivity contribution in [2.45, 2.75) is 88.8 Å². The largest absolute Gasteiger partial charge is 0.480 e. The molecule has 3 aromatic rings. The number of fused-ring (bicyclic) bond motifs is 1. The van der Waals surface area contributed by atoms with Gasteiger partial charge >= 0.3 is 11.9 Å². The van der Waals surface area contributed by atoms with Crippen molar-refractivity contribution in [3.05, 3.63) is 73.6 Å². The summed E-state index contributed by atoms with van der Waals surface area (Å²) < 4.78 is 1.17. The number of nitrogens with one attached hydrogen (secondary N) is 6. The number of halogens is 1. The summed E-state index contributed by atoms with van der Waals surface area (Å²) in [5, 5.41) is 34.1. The number of hydrogen-bond acceptors (Lipinski definition) is 13. The molecule has 4 rings (SSSR count). The van der Waals surface area contributed by atoms with Crippen molar-refractivity contribution in [3.63, 3.8) is 0 Å². The number of H-pyrrole nitrogens is 1. The number of rotatable bonds is 27. The predicted octanol–water partition coefficient (Wildman–Crippen LogP) is 2.10. The summed E-state index contributed by atoms with van der Waals surface area (Å²) in [5.74, 6) is -4.17. The Morgan fingerprint density at radius 3 is 2.31 bits per heavy atom. The fourth-order valence-electron chi connectivity index (χ4n) is 7.13. The van der Waals surface area contributed by atoms with E-state index >= 15 is 0 Å². The lowest BCUT2D eigenvalue weighted by Gasteiger charge is -2.35. The second kappa shape index (κ2) is 26.0. The van der Waals surface area contributed by atoms with Crippen LogP contribution in [-0.2, 0) is 30.4 Å². The average Bonchev–Trinajstić information content (AvgIpc) is 3.26. The normalized spacial score (nSPS) is 14.0. The lowest BCUT2D eigenvalue weighted by molar-refractivity contribution is -0.150. The maximum Gasteiger partial charge on any atom is 0.326 e. The molecule has 0 unspecified atom stereocenters. The molecule has 1 aliphatic rings. The SMILES string of the molecule is CN1c2c(nc(N)[nH]c2=O)NC[C@@H]1CNc1ccc(C(=O)N[C@@H](CCC(=O)NCC(=O)N(CCCCN)[C@@H](CCCCNC(=O)CCCCc2ccc(I)cc2)C(=O)O)C(=O)O)cc1. The zero-order chi connectivity index (χ0) is 46.6. The Morgan fingerprint density at radius 1 is 0.906 bits per heavy atom. The Balaban J connectivity index is 1.18. The number of unbranched alkanes of at least 4 members (excludes halogenated alkanes) is 3. The van der Waals surface area contributed by atoms with E-state index in [4.69, 9.17) is 11.5 Å². The molecule has 4 amide bonds. The highest BCUT2D eigenvalue weighted by molar-refractivity contribution is 14.1. The fraction of sp³-hybridized carbons (Fsp3) is 0.488. The molecular weight excluding hydrogens is 941 g/mol. The number of aryl methyl sites for hydroxylation is 1. The monoisotopic (exact) mass is 1000 g/mol. The molecule has 12 N–H and O–H groups in total. The molecule has 64 heavy (non-hydrogen) atoms. The molecule has 2 heterocycles. The van der Waals surface area contributed by atoms with E-state index in [1.165, 1.54) is 26.2 Å². The van der Waals surface area contributed by atoms with Crippen molar-refractivity contribution >= 4 is 81.3 Å². The molecule has 0 radical (unpaired) electrons. The van der Waals surface area contributed by atoms with Crippen LogP contribution in [0.15, 0.2) is 53.3 Å². The zero-order valence-corrected chi connectivity index (χ0v) is 38.2. The van der Waals surface area contributed by atoms with Gasteiger partial charge in [-0.05, 0) is 129 Å². The van der Waals surface area contributed by atoms with Crippen LogP contribution in [0.25, 0.3) is 0 Å². The summed E-state index contributed by atoms with van der Waals surface area (Å²) in [5.41, 5.74) is 13.4. The van der Waals surface area contributed by atoms with Crippen molar-refractivity contribution in [3.8, 4) is 0 Å². The highest BCUT2D eigenvalue weighted by Crippen LogP contribution is 2.25. The maximum absolute atomic E-state index is 13.4. The lowest BCUT2D eigenvalue weighted by Crippen LogP contribution is -2.49. The lowest BCUT2D eigenvalue weighted by atomic mass is 10.1. The number of carbonyl (C=O) groups is 6. The van der Waals surface area contributed by atoms with Crippen LogP contribution >= 0.6 is 22.6 Å². The fourth-order valence-corrected chi connectivity index (χ4v) is 7.49. The second-order valence-electron chi connectivity index (χ2n) is 15.5. The summed E-state index contributed by atoms with van der Waals surface area (Å²) in [7, 11) is 1.77. The minimum Gasteiger partial charge on any atom is -0.480 e. The van der Waals surface area contributed by atoms with Crippen LogP contribution in [0.1, 0.15) is 80.1 Å². The van der Waals surface area contributed by atoms with Gasteiger partial charge in [-0.1, -0.05) is 12.1 Å². The highest BCUT2D eigenvalue weighted by Gasteiger charge is 2.30. The van der Waals surface area contributed by atoms with Gasteiger partial charge in [-0.3, -0.25) is 29.0 Å². The van der Waals surface area contributed by atoms with E-state index in [9.17, 15) is 43.8 Å². The summed E-state index contributed by atoms with van der Waals surface area (Å²) in [6.45, 7) is 1.22. The number of carbonyl (C=O) groups excluding carboxylic acids is 4. The number of nitrogens with zero attached hydrogens (tertiary/aromatic N) is 3. The first-order valence-electron chi connectivity index (χ1n) is 21.4. The Bertz CT molecular complexity index is 2100. The minimum absolute atomic E-state index is 0.0136. The van der Waals surface area contributed by atoms with Gasteiger partial charge in [-0.25, -0.2) is 9.59 Å². The standard InChI is InChI=1S/C43H60IN11O9/c1-54-31(25-50-38-37(54)40(60)53-43(46)52-38)24-48-30-17-13-28(14-18-30)39(59)51-32(41(61)62)19-20-35(57)49-26-36(58)55(23-7-5-21-45)33(42(63)64)9-4-6-22-47-34(56)10-3-2-8-27-11-15-29(44)16-12-27/h11-18,31-33,48H,2-10,19-26,45H2,1H3,(H,47,56)(H,49,57)(H,51,59)(H,61,62)(H,63,64)(H4,46,50,52,53,60)/t31-,32-,33-/m0/s1. The molecule has 1 aliphatic heterocycles. The number of aromatic nitrogens is 2. The van der Waals surface area contributed by atoms with Gasteiger partial charge in [0.15, 0.2) is 5.82 Å². The van der Waals surface area contributed by atoms with Crippen LogP contribution in [-0.4, -0.2) is 125 Å². The van der Waals surface area contributed by atoms with Crippen molar-refractivity contribution in [1.82, 2.24) is 30.8 Å². The summed E-state index contributed by atoms with van der Waals surface area (Å²) >= 11 is 2.26. The second-order valence-corrected chi connectivity index (χ2v) is 16.8. The van der Waals surface area contributed by atoms with Crippen LogP contribution in [0.2, 0.25) is 0 Å². The third-order valence-corrected chi connectivity index (χ3v) is 11.5. The number of aromatic amines is 1. The Morgan fingerprint density at radius 2 is 1.62 bits per heavy atom. The number of benzene rings is 2. The van der Waals surface area contributed by atoms with Gasteiger partial charge in [0.25, 0.3) is 11.5 Å².